The van der Waals surface area contributed by atoms with Crippen molar-refractivity contribution in [1.29, 1.82) is 0 Å². The summed E-state index contributed by atoms with van der Waals surface area (Å²) in [4.78, 5) is 0. The van der Waals surface area contributed by atoms with Gasteiger partial charge in [-0.1, -0.05) is 85.6 Å². The highest BCUT2D eigenvalue weighted by Crippen LogP contribution is 2.12. The summed E-state index contributed by atoms with van der Waals surface area (Å²) in [5.74, 6) is 0. The van der Waals surface area contributed by atoms with Crippen molar-refractivity contribution in [3.63, 3.8) is 0 Å². The number of unbranched alkanes of at least 4 members (excludes halogenated alkanes) is 6. The molecule has 0 amide bonds. The van der Waals surface area contributed by atoms with Crippen LogP contribution in [0.25, 0.3) is 0 Å². The van der Waals surface area contributed by atoms with E-state index in [0.29, 0.717) is 0 Å². The molecule has 1 aromatic carbocycles. The van der Waals surface area contributed by atoms with Crippen LogP contribution in [-0.2, 0) is 12.8 Å². The Hall–Kier alpha value is -0.300. The zero-order chi connectivity index (χ0) is 13.1. The summed E-state index contributed by atoms with van der Waals surface area (Å²) in [5, 5.41) is 1.06. The lowest BCUT2D eigenvalue weighted by atomic mass is 10.0. The minimum atomic E-state index is 1.06. The largest absolute Gasteiger partial charge is 0.0924 e. The van der Waals surface area contributed by atoms with Gasteiger partial charge in [-0.3, -0.25) is 0 Å². The van der Waals surface area contributed by atoms with E-state index in [1.165, 1.54) is 62.5 Å². The Kier molecular flexibility index (Phi) is 9.28. The number of alkyl halides is 1. The molecule has 0 radical (unpaired) electrons. The standard InChI is InChI=1S/C17H27Br/c1-2-3-4-5-6-7-8-9-16-10-12-17(13-11-16)14-15-18/h10-13H,2-9,14-15H2,1H3. The Labute approximate surface area is 121 Å². The molecule has 0 atom stereocenters. The van der Waals surface area contributed by atoms with Gasteiger partial charge in [0.05, 0.1) is 0 Å². The second-order valence-electron chi connectivity index (χ2n) is 5.13. The van der Waals surface area contributed by atoms with Gasteiger partial charge >= 0.3 is 0 Å². The summed E-state index contributed by atoms with van der Waals surface area (Å²) in [6.45, 7) is 2.28. The zero-order valence-corrected chi connectivity index (χ0v) is 13.3. The Balaban J connectivity index is 2.08. The minimum absolute atomic E-state index is 1.06. The van der Waals surface area contributed by atoms with Crippen LogP contribution in [0.2, 0.25) is 0 Å². The van der Waals surface area contributed by atoms with Gasteiger partial charge in [0.2, 0.25) is 0 Å². The molecule has 0 aliphatic heterocycles. The third-order valence-corrected chi connectivity index (χ3v) is 3.87. The fourth-order valence-electron chi connectivity index (χ4n) is 2.27. The highest BCUT2D eigenvalue weighted by atomic mass is 79.9. The fraction of sp³-hybridized carbons (Fsp3) is 0.647. The first kappa shape index (κ1) is 15.8. The minimum Gasteiger partial charge on any atom is -0.0924 e. The van der Waals surface area contributed by atoms with Crippen LogP contribution in [0.3, 0.4) is 0 Å². The first-order valence-electron chi connectivity index (χ1n) is 7.50. The van der Waals surface area contributed by atoms with E-state index in [4.69, 9.17) is 0 Å². The van der Waals surface area contributed by atoms with Crippen molar-refractivity contribution in [2.45, 2.75) is 64.7 Å². The predicted molar refractivity (Wildman–Crippen MR) is 85.6 cm³/mol. The second kappa shape index (κ2) is 10.6. The Bertz CT molecular complexity index is 289. The molecule has 0 nitrogen and oxygen atoms in total. The summed E-state index contributed by atoms with van der Waals surface area (Å²) in [7, 11) is 0. The first-order valence-corrected chi connectivity index (χ1v) is 8.62. The lowest BCUT2D eigenvalue weighted by molar-refractivity contribution is 0.589. The van der Waals surface area contributed by atoms with Gasteiger partial charge in [0.1, 0.15) is 0 Å². The molecular formula is C17H27Br. The molecule has 18 heavy (non-hydrogen) atoms. The van der Waals surface area contributed by atoms with E-state index in [1.54, 1.807) is 0 Å². The molecule has 0 N–H and O–H groups in total. The predicted octanol–water partition coefficient (Wildman–Crippen LogP) is 5.92. The highest BCUT2D eigenvalue weighted by molar-refractivity contribution is 9.09. The molecule has 0 aromatic heterocycles. The maximum atomic E-state index is 3.48. The molecule has 0 unspecified atom stereocenters. The average Bonchev–Trinajstić information content (AvgIpc) is 2.40. The van der Waals surface area contributed by atoms with Crippen LogP contribution in [0.1, 0.15) is 63.0 Å². The van der Waals surface area contributed by atoms with Gasteiger partial charge in [-0.15, -0.1) is 0 Å². The van der Waals surface area contributed by atoms with Crippen molar-refractivity contribution in [2.75, 3.05) is 5.33 Å². The molecule has 0 aliphatic carbocycles. The van der Waals surface area contributed by atoms with Crippen LogP contribution in [0.5, 0.6) is 0 Å². The van der Waals surface area contributed by atoms with E-state index in [-0.39, 0.29) is 0 Å². The van der Waals surface area contributed by atoms with Crippen LogP contribution >= 0.6 is 15.9 Å². The fourth-order valence-corrected chi connectivity index (χ4v) is 2.73. The molecule has 0 bridgehead atoms. The van der Waals surface area contributed by atoms with Crippen LogP contribution < -0.4 is 0 Å². The number of hydrogen-bond donors (Lipinski definition) is 0. The molecule has 1 heteroatoms. The van der Waals surface area contributed by atoms with Crippen LogP contribution in [-0.4, -0.2) is 5.33 Å². The summed E-state index contributed by atoms with van der Waals surface area (Å²) in [5.41, 5.74) is 2.94. The van der Waals surface area contributed by atoms with Crippen molar-refractivity contribution < 1.29 is 0 Å². The Morgan fingerprint density at radius 3 is 1.78 bits per heavy atom. The molecule has 0 fully saturated rings. The summed E-state index contributed by atoms with van der Waals surface area (Å²) < 4.78 is 0. The van der Waals surface area contributed by atoms with E-state index in [0.717, 1.165) is 11.8 Å². The number of hydrogen-bond acceptors (Lipinski definition) is 0. The molecule has 0 saturated carbocycles. The third kappa shape index (κ3) is 7.20. The van der Waals surface area contributed by atoms with Gasteiger partial charge in [-0.25, -0.2) is 0 Å². The zero-order valence-electron chi connectivity index (χ0n) is 11.8. The third-order valence-electron chi connectivity index (χ3n) is 3.48. The van der Waals surface area contributed by atoms with E-state index in [1.807, 2.05) is 0 Å². The monoisotopic (exact) mass is 310 g/mol. The lowest BCUT2D eigenvalue weighted by Gasteiger charge is -2.04. The quantitative estimate of drug-likeness (QED) is 0.372. The van der Waals surface area contributed by atoms with Crippen LogP contribution in [0.4, 0.5) is 0 Å². The van der Waals surface area contributed by atoms with E-state index in [2.05, 4.69) is 47.1 Å². The van der Waals surface area contributed by atoms with E-state index >= 15 is 0 Å². The number of benzene rings is 1. The normalized spacial score (nSPS) is 10.8. The highest BCUT2D eigenvalue weighted by Gasteiger charge is 1.96. The van der Waals surface area contributed by atoms with Crippen LogP contribution in [0.15, 0.2) is 24.3 Å². The molecule has 0 aliphatic rings. The lowest BCUT2D eigenvalue weighted by Crippen LogP contribution is -1.89. The second-order valence-corrected chi connectivity index (χ2v) is 5.92. The van der Waals surface area contributed by atoms with Crippen molar-refractivity contribution in [2.24, 2.45) is 0 Å². The van der Waals surface area contributed by atoms with E-state index in [9.17, 15) is 0 Å². The Morgan fingerprint density at radius 2 is 1.22 bits per heavy atom. The van der Waals surface area contributed by atoms with Crippen molar-refractivity contribution in [3.05, 3.63) is 35.4 Å². The smallest absolute Gasteiger partial charge is 0.00718 e. The van der Waals surface area contributed by atoms with Gasteiger partial charge in [0, 0.05) is 5.33 Å². The summed E-state index contributed by atoms with van der Waals surface area (Å²) in [6.07, 6.45) is 12.2. The van der Waals surface area contributed by atoms with Gasteiger partial charge in [0.15, 0.2) is 0 Å². The molecule has 0 saturated heterocycles. The van der Waals surface area contributed by atoms with Crippen LogP contribution in [0, 0.1) is 0 Å². The number of halogens is 1. The molecule has 0 heterocycles. The maximum absolute atomic E-state index is 3.48. The van der Waals surface area contributed by atoms with Gasteiger partial charge in [0.25, 0.3) is 0 Å². The summed E-state index contributed by atoms with van der Waals surface area (Å²) in [6, 6.07) is 9.15. The van der Waals surface area contributed by atoms with Gasteiger partial charge in [-0.05, 0) is 30.4 Å². The SMILES string of the molecule is CCCCCCCCCc1ccc(CCBr)cc1. The van der Waals surface area contributed by atoms with Crippen molar-refractivity contribution >= 4 is 15.9 Å². The molecule has 102 valence electrons. The molecule has 1 rings (SSSR count). The van der Waals surface area contributed by atoms with Crippen molar-refractivity contribution in [3.8, 4) is 0 Å². The summed E-state index contributed by atoms with van der Waals surface area (Å²) >= 11 is 3.48. The molecule has 1 aromatic rings. The van der Waals surface area contributed by atoms with Crippen molar-refractivity contribution in [1.82, 2.24) is 0 Å². The molecular weight excluding hydrogens is 284 g/mol. The Morgan fingerprint density at radius 1 is 0.722 bits per heavy atom. The number of rotatable bonds is 10. The average molecular weight is 311 g/mol. The van der Waals surface area contributed by atoms with Gasteiger partial charge in [-0.2, -0.15) is 0 Å². The molecule has 0 spiro atoms. The maximum Gasteiger partial charge on any atom is 0.00718 e. The number of aryl methyl sites for hydroxylation is 2. The van der Waals surface area contributed by atoms with Gasteiger partial charge < -0.3 is 0 Å². The van der Waals surface area contributed by atoms with E-state index < -0.39 is 0 Å². The first-order chi connectivity index (χ1) is 8.86. The topological polar surface area (TPSA) is 0 Å².